The van der Waals surface area contributed by atoms with Gasteiger partial charge in [-0.3, -0.25) is 4.79 Å². The molecule has 1 aliphatic carbocycles. The molecule has 0 atom stereocenters. The second-order valence-electron chi connectivity index (χ2n) is 3.23. The van der Waals surface area contributed by atoms with Gasteiger partial charge in [-0.15, -0.1) is 0 Å². The van der Waals surface area contributed by atoms with Gasteiger partial charge in [0.1, 0.15) is 5.78 Å². The zero-order valence-corrected chi connectivity index (χ0v) is 7.50. The van der Waals surface area contributed by atoms with E-state index in [1.54, 1.807) is 0 Å². The van der Waals surface area contributed by atoms with Crippen molar-refractivity contribution in [3.8, 4) is 0 Å². The highest BCUT2D eigenvalue weighted by molar-refractivity contribution is 5.79. The lowest BCUT2D eigenvalue weighted by molar-refractivity contribution is -0.191. The fourth-order valence-corrected chi connectivity index (χ4v) is 1.18. The van der Waals surface area contributed by atoms with Crippen LogP contribution in [0.25, 0.3) is 4.85 Å². The summed E-state index contributed by atoms with van der Waals surface area (Å²) in [5, 5.41) is 0. The van der Waals surface area contributed by atoms with Crippen LogP contribution in [0.15, 0.2) is 0 Å². The third-order valence-electron chi connectivity index (χ3n) is 2.15. The minimum atomic E-state index is -0.228. The molecule has 0 aliphatic heterocycles. The highest BCUT2D eigenvalue weighted by atomic mass is 16.2. The van der Waals surface area contributed by atoms with Gasteiger partial charge in [0.05, 0.1) is 0 Å². The molecule has 0 radical (unpaired) electrons. The van der Waals surface area contributed by atoms with E-state index in [0.717, 1.165) is 12.8 Å². The van der Waals surface area contributed by atoms with Crippen LogP contribution in [0.1, 0.15) is 32.6 Å². The van der Waals surface area contributed by atoms with E-state index in [-0.39, 0.29) is 11.7 Å². The molecule has 0 aromatic carbocycles. The highest BCUT2D eigenvalue weighted by Crippen LogP contribution is 2.28. The van der Waals surface area contributed by atoms with Gasteiger partial charge in [-0.05, 0) is 0 Å². The quantitative estimate of drug-likeness (QED) is 0.528. The molecule has 13 heavy (non-hydrogen) atoms. The molecule has 4 nitrogen and oxygen atoms in total. The Bertz CT molecular complexity index is 249. The van der Waals surface area contributed by atoms with Gasteiger partial charge in [-0.25, -0.2) is 6.57 Å². The van der Waals surface area contributed by atoms with Gasteiger partial charge >= 0.3 is 6.15 Å². The maximum absolute atomic E-state index is 10.8. The Hall–Kier alpha value is -1.46. The highest BCUT2D eigenvalue weighted by Gasteiger charge is 2.34. The number of carbonyl (C=O) groups is 1. The zero-order chi connectivity index (χ0) is 10.3. The van der Waals surface area contributed by atoms with Crippen LogP contribution in [0, 0.1) is 6.57 Å². The lowest BCUT2D eigenvalue weighted by atomic mass is 9.83. The monoisotopic (exact) mass is 181 g/mol. The van der Waals surface area contributed by atoms with Crippen LogP contribution in [-0.2, 0) is 14.4 Å². The average molecular weight is 181 g/mol. The van der Waals surface area contributed by atoms with E-state index in [1.165, 1.54) is 0 Å². The molecule has 0 unspecified atom stereocenters. The van der Waals surface area contributed by atoms with Crippen molar-refractivity contribution >= 4 is 11.9 Å². The normalized spacial score (nSPS) is 18.9. The summed E-state index contributed by atoms with van der Waals surface area (Å²) in [6, 6.07) is 0. The van der Waals surface area contributed by atoms with Gasteiger partial charge in [0.25, 0.3) is 0 Å². The van der Waals surface area contributed by atoms with Crippen molar-refractivity contribution in [2.24, 2.45) is 0 Å². The molecule has 0 N–H and O–H groups in total. The molecule has 0 spiro atoms. The van der Waals surface area contributed by atoms with E-state index in [1.807, 2.05) is 6.92 Å². The first kappa shape index (κ1) is 11.5. The molecule has 0 aromatic heterocycles. The van der Waals surface area contributed by atoms with Crippen LogP contribution in [0.4, 0.5) is 0 Å². The van der Waals surface area contributed by atoms with Crippen LogP contribution < -0.4 is 0 Å². The Morgan fingerprint density at radius 1 is 1.38 bits per heavy atom. The van der Waals surface area contributed by atoms with Gasteiger partial charge in [0, 0.05) is 32.6 Å². The van der Waals surface area contributed by atoms with Crippen molar-refractivity contribution in [3.05, 3.63) is 11.4 Å². The first-order chi connectivity index (χ1) is 6.08. The van der Waals surface area contributed by atoms with Crippen LogP contribution in [0.5, 0.6) is 0 Å². The minimum Gasteiger partial charge on any atom is -0.311 e. The topological polar surface area (TPSA) is 55.6 Å². The summed E-state index contributed by atoms with van der Waals surface area (Å²) in [6.07, 6.45) is 2.99. The van der Waals surface area contributed by atoms with E-state index in [0.29, 0.717) is 18.6 Å². The summed E-state index contributed by atoms with van der Waals surface area (Å²) < 4.78 is 0. The second-order valence-corrected chi connectivity index (χ2v) is 3.23. The third-order valence-corrected chi connectivity index (χ3v) is 2.15. The summed E-state index contributed by atoms with van der Waals surface area (Å²) in [7, 11) is 0. The Morgan fingerprint density at radius 2 is 1.77 bits per heavy atom. The van der Waals surface area contributed by atoms with Crippen LogP contribution in [0.2, 0.25) is 0 Å². The molecule has 0 amide bonds. The van der Waals surface area contributed by atoms with Crippen LogP contribution in [-0.4, -0.2) is 17.5 Å². The molecule has 70 valence electrons. The smallest absolute Gasteiger partial charge is 0.311 e. The molecule has 0 saturated heterocycles. The van der Waals surface area contributed by atoms with Crippen LogP contribution >= 0.6 is 0 Å². The number of nitrogens with zero attached hydrogens (tertiary/aromatic N) is 1. The van der Waals surface area contributed by atoms with Gasteiger partial charge in [-0.1, -0.05) is 0 Å². The minimum absolute atomic E-state index is 0.228. The summed E-state index contributed by atoms with van der Waals surface area (Å²) >= 11 is 0. The molecule has 1 saturated carbocycles. The predicted octanol–water partition coefficient (Wildman–Crippen LogP) is 1.22. The number of hydrogen-bond acceptors (Lipinski definition) is 3. The van der Waals surface area contributed by atoms with Crippen molar-refractivity contribution < 1.29 is 14.4 Å². The molecule has 0 aromatic rings. The Morgan fingerprint density at radius 3 is 2.08 bits per heavy atom. The molecule has 1 rings (SSSR count). The number of rotatable bonds is 0. The molecule has 1 aliphatic rings. The molecule has 0 bridgehead atoms. The maximum Gasteiger partial charge on any atom is 0.373 e. The number of hydrogen-bond donors (Lipinski definition) is 0. The molecular weight excluding hydrogens is 170 g/mol. The van der Waals surface area contributed by atoms with E-state index < -0.39 is 0 Å². The summed E-state index contributed by atoms with van der Waals surface area (Å²) in [4.78, 5) is 30.5. The molecule has 4 heteroatoms. The maximum atomic E-state index is 10.8. The zero-order valence-electron chi connectivity index (χ0n) is 7.50. The fourth-order valence-electron chi connectivity index (χ4n) is 1.18. The standard InChI is InChI=1S/C8H11NO.CO2/c1-8(9-2)5-3-7(10)4-6-8;2-1-3/h3-6H2,1H3;. The molecule has 1 fully saturated rings. The van der Waals surface area contributed by atoms with Crippen LogP contribution in [0.3, 0.4) is 0 Å². The van der Waals surface area contributed by atoms with Crippen molar-refractivity contribution in [2.45, 2.75) is 38.1 Å². The Kier molecular flexibility index (Phi) is 4.64. The Balaban J connectivity index is 0.000000424. The predicted molar refractivity (Wildman–Crippen MR) is 43.5 cm³/mol. The molecular formula is C9H11NO3. The van der Waals surface area contributed by atoms with Crippen molar-refractivity contribution in [1.82, 2.24) is 0 Å². The van der Waals surface area contributed by atoms with E-state index in [2.05, 4.69) is 4.85 Å². The van der Waals surface area contributed by atoms with E-state index >= 15 is 0 Å². The first-order valence-electron chi connectivity index (χ1n) is 3.97. The lowest BCUT2D eigenvalue weighted by Gasteiger charge is -2.20. The SMILES string of the molecule is O=C=O.[C-]#[N+]C1(C)CCC(=O)CC1. The molecule has 0 heterocycles. The van der Waals surface area contributed by atoms with Crippen molar-refractivity contribution in [2.75, 3.05) is 0 Å². The second kappa shape index (κ2) is 5.23. The summed E-state index contributed by atoms with van der Waals surface area (Å²) in [5.41, 5.74) is -0.228. The fraction of sp³-hybridized carbons (Fsp3) is 0.667. The number of Topliss-reactive ketones (excluding diaryl/α,β-unsaturated/α-hetero) is 1. The summed E-state index contributed by atoms with van der Waals surface area (Å²) in [6.45, 7) is 8.81. The Labute approximate surface area is 76.7 Å². The largest absolute Gasteiger partial charge is 0.373 e. The van der Waals surface area contributed by atoms with E-state index in [4.69, 9.17) is 16.2 Å². The first-order valence-corrected chi connectivity index (χ1v) is 3.97. The average Bonchev–Trinajstić information content (AvgIpc) is 2.12. The van der Waals surface area contributed by atoms with E-state index in [9.17, 15) is 4.79 Å². The summed E-state index contributed by atoms with van der Waals surface area (Å²) in [5.74, 6) is 0.320. The van der Waals surface area contributed by atoms with Gasteiger partial charge in [0.2, 0.25) is 5.54 Å². The van der Waals surface area contributed by atoms with Gasteiger partial charge in [-0.2, -0.15) is 9.59 Å². The van der Waals surface area contributed by atoms with Crippen molar-refractivity contribution in [3.63, 3.8) is 0 Å². The third kappa shape index (κ3) is 4.19. The van der Waals surface area contributed by atoms with Gasteiger partial charge < -0.3 is 4.85 Å². The van der Waals surface area contributed by atoms with Crippen molar-refractivity contribution in [1.29, 1.82) is 0 Å². The number of carbonyl (C=O) groups excluding carboxylic acids is 3. The number of ketones is 1. The lowest BCUT2D eigenvalue weighted by Crippen LogP contribution is -2.27. The van der Waals surface area contributed by atoms with Gasteiger partial charge in [0.15, 0.2) is 0 Å².